The molecule has 3 heteroatoms. The number of fused-ring (bicyclic) bond motifs is 1. The van der Waals surface area contributed by atoms with Gasteiger partial charge >= 0.3 is 0 Å². The molecule has 0 aliphatic carbocycles. The first-order valence-corrected chi connectivity index (χ1v) is 6.57. The Bertz CT molecular complexity index is 540. The van der Waals surface area contributed by atoms with Crippen LogP contribution in [0.25, 0.3) is 11.0 Å². The van der Waals surface area contributed by atoms with Gasteiger partial charge in [-0.25, -0.2) is 4.98 Å². The number of nitrogens with zero attached hydrogens (tertiary/aromatic N) is 2. The molecule has 0 amide bonds. The lowest BCUT2D eigenvalue weighted by Crippen LogP contribution is -2.26. The molecule has 0 saturated heterocycles. The molecule has 0 saturated carbocycles. The number of benzene rings is 1. The minimum atomic E-state index is 0.0498. The van der Waals surface area contributed by atoms with Gasteiger partial charge in [-0.3, -0.25) is 0 Å². The number of aryl methyl sites for hydroxylation is 1. The molecule has 0 radical (unpaired) electrons. The standard InChI is InChI=1S/C14H19ClN2/c1-5-14(3,4)17-12-7-6-10(2)8-11(12)16-13(17)9-15/h6-8H,5,9H2,1-4H3. The molecule has 0 N–H and O–H groups in total. The zero-order chi connectivity index (χ0) is 12.6. The molecule has 0 spiro atoms. The second kappa shape index (κ2) is 4.34. The first kappa shape index (κ1) is 12.4. The first-order valence-electron chi connectivity index (χ1n) is 6.04. The number of hydrogen-bond donors (Lipinski definition) is 0. The Hall–Kier alpha value is -1.02. The van der Waals surface area contributed by atoms with E-state index in [1.807, 2.05) is 0 Å². The van der Waals surface area contributed by atoms with Gasteiger partial charge in [0.15, 0.2) is 0 Å². The fourth-order valence-corrected chi connectivity index (χ4v) is 2.34. The Kier molecular flexibility index (Phi) is 3.17. The van der Waals surface area contributed by atoms with E-state index >= 15 is 0 Å². The maximum absolute atomic E-state index is 6.02. The van der Waals surface area contributed by atoms with Gasteiger partial charge in [-0.2, -0.15) is 0 Å². The summed E-state index contributed by atoms with van der Waals surface area (Å²) in [7, 11) is 0. The van der Waals surface area contributed by atoms with Gasteiger partial charge in [0.2, 0.25) is 0 Å². The molecule has 0 aliphatic rings. The summed E-state index contributed by atoms with van der Waals surface area (Å²) in [4.78, 5) is 4.64. The predicted octanol–water partition coefficient (Wildman–Crippen LogP) is 4.23. The van der Waals surface area contributed by atoms with Crippen molar-refractivity contribution >= 4 is 22.6 Å². The SMILES string of the molecule is CCC(C)(C)n1c(CCl)nc2cc(C)ccc21. The topological polar surface area (TPSA) is 17.8 Å². The summed E-state index contributed by atoms with van der Waals surface area (Å²) < 4.78 is 2.27. The van der Waals surface area contributed by atoms with Crippen LogP contribution in [0.4, 0.5) is 0 Å². The summed E-state index contributed by atoms with van der Waals surface area (Å²) in [5.41, 5.74) is 3.51. The van der Waals surface area contributed by atoms with Gasteiger partial charge in [0, 0.05) is 5.54 Å². The van der Waals surface area contributed by atoms with Crippen molar-refractivity contribution in [2.45, 2.75) is 45.5 Å². The summed E-state index contributed by atoms with van der Waals surface area (Å²) in [6.45, 7) is 8.73. The quantitative estimate of drug-likeness (QED) is 0.746. The minimum absolute atomic E-state index is 0.0498. The Morgan fingerprint density at radius 3 is 2.65 bits per heavy atom. The molecule has 92 valence electrons. The highest BCUT2D eigenvalue weighted by molar-refractivity contribution is 6.16. The lowest BCUT2D eigenvalue weighted by Gasteiger charge is -2.27. The van der Waals surface area contributed by atoms with Gasteiger partial charge in [-0.05, 0) is 44.9 Å². The van der Waals surface area contributed by atoms with Crippen LogP contribution in [0.3, 0.4) is 0 Å². The highest BCUT2D eigenvalue weighted by Gasteiger charge is 2.23. The summed E-state index contributed by atoms with van der Waals surface area (Å²) in [6.07, 6.45) is 1.05. The normalized spacial score (nSPS) is 12.3. The number of alkyl halides is 1. The Labute approximate surface area is 108 Å². The van der Waals surface area contributed by atoms with E-state index in [0.717, 1.165) is 17.8 Å². The van der Waals surface area contributed by atoms with Crippen LogP contribution in [0.5, 0.6) is 0 Å². The molecular weight excluding hydrogens is 232 g/mol. The van der Waals surface area contributed by atoms with Crippen molar-refractivity contribution in [2.75, 3.05) is 0 Å². The second-order valence-corrected chi connectivity index (χ2v) is 5.42. The van der Waals surface area contributed by atoms with Crippen LogP contribution in [0.1, 0.15) is 38.6 Å². The summed E-state index contributed by atoms with van der Waals surface area (Å²) >= 11 is 6.02. The van der Waals surface area contributed by atoms with E-state index in [-0.39, 0.29) is 5.54 Å². The predicted molar refractivity (Wildman–Crippen MR) is 73.6 cm³/mol. The Morgan fingerprint density at radius 2 is 2.06 bits per heavy atom. The van der Waals surface area contributed by atoms with Crippen molar-refractivity contribution in [1.82, 2.24) is 9.55 Å². The van der Waals surface area contributed by atoms with Crippen molar-refractivity contribution in [1.29, 1.82) is 0 Å². The van der Waals surface area contributed by atoms with Crippen molar-refractivity contribution in [3.8, 4) is 0 Å². The van der Waals surface area contributed by atoms with E-state index < -0.39 is 0 Å². The smallest absolute Gasteiger partial charge is 0.125 e. The maximum atomic E-state index is 6.02. The number of imidazole rings is 1. The summed E-state index contributed by atoms with van der Waals surface area (Å²) in [5.74, 6) is 1.41. The molecule has 2 rings (SSSR count). The molecule has 2 nitrogen and oxygen atoms in total. The fourth-order valence-electron chi connectivity index (χ4n) is 2.16. The molecule has 2 aromatic rings. The number of aromatic nitrogens is 2. The second-order valence-electron chi connectivity index (χ2n) is 5.16. The van der Waals surface area contributed by atoms with Crippen LogP contribution in [0.2, 0.25) is 0 Å². The molecule has 0 fully saturated rings. The fraction of sp³-hybridized carbons (Fsp3) is 0.500. The zero-order valence-electron chi connectivity index (χ0n) is 10.9. The molecule has 1 aromatic carbocycles. The number of rotatable bonds is 3. The third-order valence-electron chi connectivity index (χ3n) is 3.47. The van der Waals surface area contributed by atoms with Crippen LogP contribution in [0.15, 0.2) is 18.2 Å². The number of hydrogen-bond acceptors (Lipinski definition) is 1. The largest absolute Gasteiger partial charge is 0.321 e. The monoisotopic (exact) mass is 250 g/mol. The third-order valence-corrected chi connectivity index (χ3v) is 3.71. The van der Waals surface area contributed by atoms with E-state index in [9.17, 15) is 0 Å². The highest BCUT2D eigenvalue weighted by Crippen LogP contribution is 2.29. The molecule has 0 atom stereocenters. The van der Waals surface area contributed by atoms with Gasteiger partial charge in [0.25, 0.3) is 0 Å². The molecular formula is C14H19ClN2. The van der Waals surface area contributed by atoms with E-state index in [1.165, 1.54) is 11.1 Å². The van der Waals surface area contributed by atoms with Gasteiger partial charge in [0.05, 0.1) is 16.9 Å². The van der Waals surface area contributed by atoms with E-state index in [0.29, 0.717) is 5.88 Å². The molecule has 0 bridgehead atoms. The average Bonchev–Trinajstić information content (AvgIpc) is 2.67. The van der Waals surface area contributed by atoms with Gasteiger partial charge in [-0.15, -0.1) is 11.6 Å². The Balaban J connectivity index is 2.75. The molecule has 1 aromatic heterocycles. The van der Waals surface area contributed by atoms with E-state index in [1.54, 1.807) is 0 Å². The van der Waals surface area contributed by atoms with Crippen molar-refractivity contribution in [3.05, 3.63) is 29.6 Å². The van der Waals surface area contributed by atoms with E-state index in [2.05, 4.69) is 55.4 Å². The van der Waals surface area contributed by atoms with Gasteiger partial charge in [-0.1, -0.05) is 13.0 Å². The van der Waals surface area contributed by atoms with Crippen LogP contribution < -0.4 is 0 Å². The molecule has 17 heavy (non-hydrogen) atoms. The first-order chi connectivity index (χ1) is 7.99. The highest BCUT2D eigenvalue weighted by atomic mass is 35.5. The Morgan fingerprint density at radius 1 is 1.35 bits per heavy atom. The molecule has 0 unspecified atom stereocenters. The summed E-state index contributed by atoms with van der Waals surface area (Å²) in [6, 6.07) is 6.39. The van der Waals surface area contributed by atoms with Crippen molar-refractivity contribution in [3.63, 3.8) is 0 Å². The van der Waals surface area contributed by atoms with Crippen molar-refractivity contribution < 1.29 is 0 Å². The van der Waals surface area contributed by atoms with Gasteiger partial charge < -0.3 is 4.57 Å². The average molecular weight is 251 g/mol. The third kappa shape index (κ3) is 2.06. The van der Waals surface area contributed by atoms with Crippen LogP contribution >= 0.6 is 11.6 Å². The minimum Gasteiger partial charge on any atom is -0.321 e. The lowest BCUT2D eigenvalue weighted by molar-refractivity contribution is 0.344. The van der Waals surface area contributed by atoms with Crippen LogP contribution in [0, 0.1) is 6.92 Å². The van der Waals surface area contributed by atoms with Crippen LogP contribution in [-0.2, 0) is 11.4 Å². The zero-order valence-corrected chi connectivity index (χ0v) is 11.7. The molecule has 0 aliphatic heterocycles. The summed E-state index contributed by atoms with van der Waals surface area (Å²) in [5, 5.41) is 0. The maximum Gasteiger partial charge on any atom is 0.125 e. The van der Waals surface area contributed by atoms with E-state index in [4.69, 9.17) is 11.6 Å². The van der Waals surface area contributed by atoms with Crippen LogP contribution in [-0.4, -0.2) is 9.55 Å². The lowest BCUT2D eigenvalue weighted by atomic mass is 10.0. The molecule has 1 heterocycles. The van der Waals surface area contributed by atoms with Gasteiger partial charge in [0.1, 0.15) is 5.82 Å². The number of halogens is 1. The van der Waals surface area contributed by atoms with Crippen molar-refractivity contribution in [2.24, 2.45) is 0 Å².